The number of phenolic OH excluding ortho intramolecular Hbond substituents is 1. The number of benzene rings is 1. The zero-order valence-corrected chi connectivity index (χ0v) is 11.2. The second kappa shape index (κ2) is 5.24. The van der Waals surface area contributed by atoms with Crippen molar-refractivity contribution in [2.45, 2.75) is 0 Å². The molecule has 1 aromatic rings. The van der Waals surface area contributed by atoms with Crippen molar-refractivity contribution >= 4 is 28.6 Å². The Hall–Kier alpha value is -1.18. The van der Waals surface area contributed by atoms with E-state index >= 15 is 0 Å². The molecule has 5 nitrogen and oxygen atoms in total. The smallest absolute Gasteiger partial charge is 0.341 e. The van der Waals surface area contributed by atoms with Crippen LogP contribution in [0.5, 0.6) is 17.2 Å². The summed E-state index contributed by atoms with van der Waals surface area (Å²) in [5.74, 6) is -0.411. The molecule has 0 aromatic heterocycles. The van der Waals surface area contributed by atoms with Crippen molar-refractivity contribution in [1.82, 2.24) is 0 Å². The number of methoxy groups -OCH3 is 3. The van der Waals surface area contributed by atoms with E-state index in [0.717, 1.165) is 0 Å². The van der Waals surface area contributed by atoms with Gasteiger partial charge in [-0.2, -0.15) is 0 Å². The highest BCUT2D eigenvalue weighted by atomic mass is 127. The first-order valence-corrected chi connectivity index (χ1v) is 5.36. The molecule has 0 aliphatic heterocycles. The van der Waals surface area contributed by atoms with Crippen LogP contribution in [0.1, 0.15) is 10.4 Å². The Kier molecular flexibility index (Phi) is 4.22. The van der Waals surface area contributed by atoms with Gasteiger partial charge in [0.1, 0.15) is 5.56 Å². The van der Waals surface area contributed by atoms with Crippen LogP contribution < -0.4 is 9.47 Å². The number of ether oxygens (including phenoxy) is 3. The van der Waals surface area contributed by atoms with Gasteiger partial charge in [-0.3, -0.25) is 0 Å². The Bertz CT molecular complexity index is 416. The first-order valence-electron chi connectivity index (χ1n) is 4.28. The molecule has 0 spiro atoms. The Labute approximate surface area is 106 Å². The Morgan fingerprint density at radius 3 is 2.25 bits per heavy atom. The standard InChI is InChI=1S/C10H11IO5/c1-14-8-6(11)4-5(10(13)16-3)7(12)9(8)15-2/h4,12H,1-3H3. The average molecular weight is 338 g/mol. The minimum absolute atomic E-state index is 0.0459. The molecular formula is C10H11IO5. The van der Waals surface area contributed by atoms with Crippen molar-refractivity contribution in [3.63, 3.8) is 0 Å². The van der Waals surface area contributed by atoms with Gasteiger partial charge in [0.05, 0.1) is 24.9 Å². The summed E-state index contributed by atoms with van der Waals surface area (Å²) in [6.45, 7) is 0. The number of carbonyl (C=O) groups is 1. The molecule has 0 unspecified atom stereocenters. The molecule has 0 aliphatic carbocycles. The fraction of sp³-hybridized carbons (Fsp3) is 0.300. The number of aromatic hydroxyl groups is 1. The van der Waals surface area contributed by atoms with Crippen molar-refractivity contribution in [2.75, 3.05) is 21.3 Å². The molecule has 0 radical (unpaired) electrons. The minimum Gasteiger partial charge on any atom is -0.504 e. The molecule has 0 amide bonds. The van der Waals surface area contributed by atoms with Crippen molar-refractivity contribution < 1.29 is 24.1 Å². The molecular weight excluding hydrogens is 327 g/mol. The molecule has 0 saturated heterocycles. The van der Waals surface area contributed by atoms with Crippen LogP contribution in [0.2, 0.25) is 0 Å². The summed E-state index contributed by atoms with van der Waals surface area (Å²) in [6, 6.07) is 1.48. The number of halogens is 1. The third-order valence-corrected chi connectivity index (χ3v) is 2.78. The largest absolute Gasteiger partial charge is 0.504 e. The van der Waals surface area contributed by atoms with Gasteiger partial charge in [-0.1, -0.05) is 0 Å². The van der Waals surface area contributed by atoms with Gasteiger partial charge in [-0.15, -0.1) is 0 Å². The van der Waals surface area contributed by atoms with Crippen molar-refractivity contribution in [3.8, 4) is 17.2 Å². The SMILES string of the molecule is COC(=O)c1cc(I)c(OC)c(OC)c1O. The van der Waals surface area contributed by atoms with Gasteiger partial charge in [0.2, 0.25) is 5.75 Å². The van der Waals surface area contributed by atoms with Gasteiger partial charge in [0.15, 0.2) is 11.5 Å². The molecule has 0 atom stereocenters. The van der Waals surface area contributed by atoms with Gasteiger partial charge >= 0.3 is 5.97 Å². The fourth-order valence-electron chi connectivity index (χ4n) is 1.24. The molecule has 1 aromatic carbocycles. The highest BCUT2D eigenvalue weighted by molar-refractivity contribution is 14.1. The van der Waals surface area contributed by atoms with Crippen LogP contribution in [0.15, 0.2) is 6.07 Å². The molecule has 0 aliphatic rings. The molecule has 16 heavy (non-hydrogen) atoms. The number of hydrogen-bond acceptors (Lipinski definition) is 5. The lowest BCUT2D eigenvalue weighted by Gasteiger charge is -2.13. The van der Waals surface area contributed by atoms with E-state index in [2.05, 4.69) is 4.74 Å². The lowest BCUT2D eigenvalue weighted by atomic mass is 10.1. The van der Waals surface area contributed by atoms with E-state index in [4.69, 9.17) is 9.47 Å². The Balaban J connectivity index is 3.45. The highest BCUT2D eigenvalue weighted by Gasteiger charge is 2.22. The maximum atomic E-state index is 11.4. The summed E-state index contributed by atoms with van der Waals surface area (Å²) >= 11 is 1.98. The van der Waals surface area contributed by atoms with Gasteiger partial charge in [-0.05, 0) is 28.7 Å². The lowest BCUT2D eigenvalue weighted by molar-refractivity contribution is 0.0596. The van der Waals surface area contributed by atoms with E-state index in [1.807, 2.05) is 22.6 Å². The molecule has 1 rings (SSSR count). The molecule has 1 N–H and O–H groups in total. The van der Waals surface area contributed by atoms with E-state index in [0.29, 0.717) is 9.32 Å². The summed E-state index contributed by atoms with van der Waals surface area (Å²) in [5, 5.41) is 9.82. The van der Waals surface area contributed by atoms with Crippen LogP contribution in [0.25, 0.3) is 0 Å². The summed E-state index contributed by atoms with van der Waals surface area (Å²) in [6.07, 6.45) is 0. The topological polar surface area (TPSA) is 65.0 Å². The van der Waals surface area contributed by atoms with Crippen LogP contribution in [0.3, 0.4) is 0 Å². The maximum Gasteiger partial charge on any atom is 0.341 e. The summed E-state index contributed by atoms with van der Waals surface area (Å²) in [7, 11) is 4.08. The molecule has 88 valence electrons. The second-order valence-electron chi connectivity index (χ2n) is 2.81. The van der Waals surface area contributed by atoms with Gasteiger partial charge < -0.3 is 19.3 Å². The summed E-state index contributed by atoms with van der Waals surface area (Å²) in [4.78, 5) is 11.4. The number of phenols is 1. The van der Waals surface area contributed by atoms with Crippen LogP contribution in [0.4, 0.5) is 0 Å². The van der Waals surface area contributed by atoms with Gasteiger partial charge in [-0.25, -0.2) is 4.79 Å². The van der Waals surface area contributed by atoms with Gasteiger partial charge in [0, 0.05) is 0 Å². The van der Waals surface area contributed by atoms with E-state index < -0.39 is 5.97 Å². The van der Waals surface area contributed by atoms with Crippen LogP contribution in [-0.2, 0) is 4.74 Å². The maximum absolute atomic E-state index is 11.4. The monoisotopic (exact) mass is 338 g/mol. The normalized spacial score (nSPS) is 9.75. The lowest BCUT2D eigenvalue weighted by Crippen LogP contribution is -2.04. The first kappa shape index (κ1) is 12.9. The van der Waals surface area contributed by atoms with Crippen LogP contribution in [-0.4, -0.2) is 32.4 Å². The van der Waals surface area contributed by atoms with E-state index in [-0.39, 0.29) is 17.1 Å². The first-order chi connectivity index (χ1) is 7.56. The second-order valence-corrected chi connectivity index (χ2v) is 3.97. The minimum atomic E-state index is -0.628. The molecule has 0 heterocycles. The molecule has 0 fully saturated rings. The number of rotatable bonds is 3. The van der Waals surface area contributed by atoms with Crippen molar-refractivity contribution in [2.24, 2.45) is 0 Å². The zero-order valence-electron chi connectivity index (χ0n) is 9.04. The Morgan fingerprint density at radius 1 is 1.25 bits per heavy atom. The van der Waals surface area contributed by atoms with E-state index in [1.165, 1.54) is 27.4 Å². The van der Waals surface area contributed by atoms with Gasteiger partial charge in [0.25, 0.3) is 0 Å². The highest BCUT2D eigenvalue weighted by Crippen LogP contribution is 2.42. The fourth-order valence-corrected chi connectivity index (χ4v) is 2.02. The number of esters is 1. The molecule has 0 bridgehead atoms. The summed E-state index contributed by atoms with van der Waals surface area (Å²) in [5.41, 5.74) is 0.0459. The van der Waals surface area contributed by atoms with Crippen molar-refractivity contribution in [1.29, 1.82) is 0 Å². The molecule has 6 heteroatoms. The van der Waals surface area contributed by atoms with E-state index in [9.17, 15) is 9.90 Å². The number of carbonyl (C=O) groups excluding carboxylic acids is 1. The summed E-state index contributed by atoms with van der Waals surface area (Å²) < 4.78 is 15.3. The predicted octanol–water partition coefficient (Wildman–Crippen LogP) is 1.80. The number of hydrogen-bond donors (Lipinski definition) is 1. The quantitative estimate of drug-likeness (QED) is 0.673. The zero-order chi connectivity index (χ0) is 12.3. The third kappa shape index (κ3) is 2.16. The van der Waals surface area contributed by atoms with Crippen LogP contribution in [0, 0.1) is 3.57 Å². The predicted molar refractivity (Wildman–Crippen MR) is 65.3 cm³/mol. The van der Waals surface area contributed by atoms with Crippen LogP contribution >= 0.6 is 22.6 Å². The van der Waals surface area contributed by atoms with E-state index in [1.54, 1.807) is 0 Å². The third-order valence-electron chi connectivity index (χ3n) is 1.98. The van der Waals surface area contributed by atoms with Crippen molar-refractivity contribution in [3.05, 3.63) is 15.2 Å². The Morgan fingerprint density at radius 2 is 1.81 bits per heavy atom. The molecule has 0 saturated carbocycles. The average Bonchev–Trinajstić information content (AvgIpc) is 2.29.